The van der Waals surface area contributed by atoms with Crippen molar-refractivity contribution in [3.05, 3.63) is 0 Å². The Bertz CT molecular complexity index is 975. The van der Waals surface area contributed by atoms with Gasteiger partial charge in [0, 0.05) is 0 Å². The lowest BCUT2D eigenvalue weighted by atomic mass is 9.88. The zero-order valence-corrected chi connectivity index (χ0v) is 24.7. The van der Waals surface area contributed by atoms with Gasteiger partial charge in [0.2, 0.25) is 0 Å². The Morgan fingerprint density at radius 1 is 0.700 bits per heavy atom. The monoisotopic (exact) mass is 583 g/mol. The number of hydrogen-bond donors (Lipinski definition) is 1. The van der Waals surface area contributed by atoms with Gasteiger partial charge in [-0.05, 0) is 69.2 Å². The van der Waals surface area contributed by atoms with Gasteiger partial charge in [-0.3, -0.25) is 19.2 Å². The first-order chi connectivity index (χ1) is 17.8. The van der Waals surface area contributed by atoms with Crippen LogP contribution in [0.2, 0.25) is 0 Å². The van der Waals surface area contributed by atoms with Crippen LogP contribution in [0.1, 0.15) is 69.2 Å². The third-order valence-electron chi connectivity index (χ3n) is 5.70. The zero-order chi connectivity index (χ0) is 31.6. The van der Waals surface area contributed by atoms with E-state index < -0.39 is 88.8 Å². The first kappa shape index (κ1) is 35.1. The van der Waals surface area contributed by atoms with Crippen LogP contribution < -0.4 is 5.32 Å². The van der Waals surface area contributed by atoms with Crippen LogP contribution in [-0.2, 0) is 47.7 Å². The largest absolute Gasteiger partial charge is 0.471 e. The van der Waals surface area contributed by atoms with Crippen molar-refractivity contribution in [2.24, 2.45) is 16.2 Å². The molecule has 0 spiro atoms. The number of amides is 1. The first-order valence-corrected chi connectivity index (χ1v) is 12.6. The Morgan fingerprint density at radius 3 is 1.43 bits per heavy atom. The van der Waals surface area contributed by atoms with Gasteiger partial charge in [0.25, 0.3) is 0 Å². The van der Waals surface area contributed by atoms with Crippen molar-refractivity contribution in [3.8, 4) is 0 Å². The molecule has 1 saturated heterocycles. The summed E-state index contributed by atoms with van der Waals surface area (Å²) in [6.07, 6.45) is -13.4. The lowest BCUT2D eigenvalue weighted by Gasteiger charge is -2.47. The van der Waals surface area contributed by atoms with Gasteiger partial charge in [-0.2, -0.15) is 13.2 Å². The predicted molar refractivity (Wildman–Crippen MR) is 132 cm³/mol. The van der Waals surface area contributed by atoms with Crippen LogP contribution in [0.3, 0.4) is 0 Å². The molecule has 11 nitrogen and oxygen atoms in total. The molecule has 40 heavy (non-hydrogen) atoms. The molecule has 1 heterocycles. The van der Waals surface area contributed by atoms with E-state index in [0.29, 0.717) is 0 Å². The fourth-order valence-electron chi connectivity index (χ4n) is 3.27. The quantitative estimate of drug-likeness (QED) is 0.366. The molecule has 0 aromatic rings. The summed E-state index contributed by atoms with van der Waals surface area (Å²) in [6, 6.07) is -2.17. The number of esters is 4. The highest BCUT2D eigenvalue weighted by Gasteiger charge is 2.57. The number of methoxy groups -OCH3 is 1. The van der Waals surface area contributed by atoms with Crippen molar-refractivity contribution in [2.45, 2.75) is 112 Å². The molecule has 1 aliphatic rings. The molecule has 6 atom stereocenters. The minimum absolute atomic E-state index is 0.751. The molecule has 0 saturated carbocycles. The predicted octanol–water partition coefficient (Wildman–Crippen LogP) is 2.87. The molecule has 1 rings (SSSR count). The Hall–Kier alpha value is -2.90. The number of carbonyl (C=O) groups is 5. The maximum atomic E-state index is 13.2. The Kier molecular flexibility index (Phi) is 10.8. The molecule has 0 radical (unpaired) electrons. The van der Waals surface area contributed by atoms with Crippen molar-refractivity contribution in [2.75, 3.05) is 7.11 Å². The summed E-state index contributed by atoms with van der Waals surface area (Å²) in [5.41, 5.74) is -3.35. The molecule has 1 N–H and O–H groups in total. The number of hydrogen-bond acceptors (Lipinski definition) is 10. The first-order valence-electron chi connectivity index (χ1n) is 12.6. The summed E-state index contributed by atoms with van der Waals surface area (Å²) in [5, 5.41) is 1.52. The van der Waals surface area contributed by atoms with Crippen LogP contribution in [0.15, 0.2) is 0 Å². The second-order valence-electron chi connectivity index (χ2n) is 12.6. The second kappa shape index (κ2) is 12.3. The number of alkyl halides is 3. The smallest absolute Gasteiger partial charge is 0.467 e. The number of ether oxygens (including phenoxy) is 5. The SMILES string of the molecule is COC(=O)C(NC(=O)C(F)(F)F)[C@@H]1O[C@H](C)[C@H](OC(=O)C(C)(C)C)[C@H](OC(=O)C(C)(C)C)[C@H]1OC(=O)C(C)(C)C. The van der Waals surface area contributed by atoms with Crippen molar-refractivity contribution >= 4 is 29.8 Å². The van der Waals surface area contributed by atoms with Crippen molar-refractivity contribution in [3.63, 3.8) is 0 Å². The normalized spacial score (nSPS) is 24.8. The Morgan fingerprint density at radius 2 is 1.07 bits per heavy atom. The minimum atomic E-state index is -5.40. The highest BCUT2D eigenvalue weighted by molar-refractivity contribution is 5.88. The molecule has 14 heteroatoms. The van der Waals surface area contributed by atoms with E-state index in [-0.39, 0.29) is 0 Å². The van der Waals surface area contributed by atoms with E-state index >= 15 is 0 Å². The van der Waals surface area contributed by atoms with Gasteiger partial charge in [0.1, 0.15) is 6.10 Å². The average Bonchev–Trinajstić information content (AvgIpc) is 2.77. The van der Waals surface area contributed by atoms with Crippen molar-refractivity contribution in [1.82, 2.24) is 5.32 Å². The third-order valence-corrected chi connectivity index (χ3v) is 5.70. The van der Waals surface area contributed by atoms with Gasteiger partial charge in [-0.25, -0.2) is 4.79 Å². The van der Waals surface area contributed by atoms with E-state index in [0.717, 1.165) is 7.11 Å². The summed E-state index contributed by atoms with van der Waals surface area (Å²) in [6.45, 7) is 15.0. The van der Waals surface area contributed by atoms with Crippen LogP contribution in [0.4, 0.5) is 13.2 Å². The number of halogens is 3. The van der Waals surface area contributed by atoms with Crippen LogP contribution >= 0.6 is 0 Å². The highest BCUT2D eigenvalue weighted by atomic mass is 19.4. The van der Waals surface area contributed by atoms with Crippen LogP contribution in [0.25, 0.3) is 0 Å². The topological polar surface area (TPSA) is 144 Å². The van der Waals surface area contributed by atoms with Gasteiger partial charge in [-0.15, -0.1) is 0 Å². The Labute approximate surface area is 231 Å². The van der Waals surface area contributed by atoms with Crippen molar-refractivity contribution < 1.29 is 60.8 Å². The molecule has 0 bridgehead atoms. The van der Waals surface area contributed by atoms with E-state index in [9.17, 15) is 37.1 Å². The molecular weight excluding hydrogens is 543 g/mol. The van der Waals surface area contributed by atoms with E-state index in [4.69, 9.17) is 18.9 Å². The molecular formula is C26H40F3NO10. The maximum absolute atomic E-state index is 13.2. The summed E-state index contributed by atoms with van der Waals surface area (Å²) in [7, 11) is 0.864. The molecule has 1 unspecified atom stereocenters. The molecule has 1 amide bonds. The molecule has 1 fully saturated rings. The van der Waals surface area contributed by atoms with Gasteiger partial charge < -0.3 is 29.0 Å². The maximum Gasteiger partial charge on any atom is 0.471 e. The summed E-state index contributed by atoms with van der Waals surface area (Å²) in [5.74, 6) is -6.36. The summed E-state index contributed by atoms with van der Waals surface area (Å²) >= 11 is 0. The van der Waals surface area contributed by atoms with Gasteiger partial charge in [0.05, 0.1) is 29.5 Å². The standard InChI is InChI=1S/C26H40F3NO10/c1-12-14(38-20(33)23(2,3)4)16(39-21(34)24(5,6)7)17(40-22(35)25(8,9)10)15(37-12)13(18(31)36-11)30-19(32)26(27,28)29/h12-17H,1-11H3,(H,30,32)/t12-,13?,14+,15+,16+,17+/m1/s1. The summed E-state index contributed by atoms with van der Waals surface area (Å²) in [4.78, 5) is 63.4. The zero-order valence-electron chi connectivity index (χ0n) is 24.7. The lowest BCUT2D eigenvalue weighted by Crippen LogP contribution is -2.68. The van der Waals surface area contributed by atoms with E-state index in [2.05, 4.69) is 4.74 Å². The van der Waals surface area contributed by atoms with Crippen LogP contribution in [-0.4, -0.2) is 79.6 Å². The van der Waals surface area contributed by atoms with E-state index in [1.165, 1.54) is 53.8 Å². The second-order valence-corrected chi connectivity index (χ2v) is 12.6. The van der Waals surface area contributed by atoms with Gasteiger partial charge in [-0.1, -0.05) is 0 Å². The molecule has 0 aliphatic carbocycles. The molecule has 0 aromatic heterocycles. The molecule has 0 aromatic carbocycles. The van der Waals surface area contributed by atoms with Gasteiger partial charge >= 0.3 is 36.0 Å². The molecule has 1 aliphatic heterocycles. The minimum Gasteiger partial charge on any atom is -0.467 e. The van der Waals surface area contributed by atoms with E-state index in [1.54, 1.807) is 20.8 Å². The highest BCUT2D eigenvalue weighted by Crippen LogP contribution is 2.35. The van der Waals surface area contributed by atoms with Crippen molar-refractivity contribution in [1.29, 1.82) is 0 Å². The number of nitrogens with one attached hydrogen (secondary N) is 1. The lowest BCUT2D eigenvalue weighted by molar-refractivity contribution is -0.256. The van der Waals surface area contributed by atoms with Crippen LogP contribution in [0, 0.1) is 16.2 Å². The third kappa shape index (κ3) is 9.07. The fourth-order valence-corrected chi connectivity index (χ4v) is 3.27. The average molecular weight is 584 g/mol. The fraction of sp³-hybridized carbons (Fsp3) is 0.808. The molecule has 230 valence electrons. The summed E-state index contributed by atoms with van der Waals surface area (Å²) < 4.78 is 66.8. The van der Waals surface area contributed by atoms with Crippen LogP contribution in [0.5, 0.6) is 0 Å². The van der Waals surface area contributed by atoms with Gasteiger partial charge in [0.15, 0.2) is 24.4 Å². The van der Waals surface area contributed by atoms with E-state index in [1.807, 2.05) is 0 Å². The Balaban J connectivity index is 3.82. The number of rotatable bonds is 6. The number of carbonyl (C=O) groups excluding carboxylic acids is 5.